The molecule has 0 atom stereocenters. The van der Waals surface area contributed by atoms with Gasteiger partial charge in [0.1, 0.15) is 11.3 Å². The maximum Gasteiger partial charge on any atom is 0.192 e. The molecule has 0 amide bonds. The van der Waals surface area contributed by atoms with Crippen LogP contribution in [0.1, 0.15) is 11.7 Å². The Bertz CT molecular complexity index is 734. The third-order valence-electron chi connectivity index (χ3n) is 2.76. The minimum atomic E-state index is 0.529. The van der Waals surface area contributed by atoms with Gasteiger partial charge in [0.2, 0.25) is 0 Å². The number of rotatable bonds is 3. The third kappa shape index (κ3) is 2.80. The first-order valence-corrected chi connectivity index (χ1v) is 6.56. The van der Waals surface area contributed by atoms with Crippen molar-refractivity contribution in [3.05, 3.63) is 48.2 Å². The Kier molecular flexibility index (Phi) is 3.39. The molecule has 0 bridgehead atoms. The third-order valence-corrected chi connectivity index (χ3v) is 3.00. The van der Waals surface area contributed by atoms with Crippen LogP contribution in [0.3, 0.4) is 0 Å². The molecule has 0 aliphatic rings. The van der Waals surface area contributed by atoms with Crippen molar-refractivity contribution in [3.63, 3.8) is 0 Å². The van der Waals surface area contributed by atoms with Crippen molar-refractivity contribution in [2.45, 2.75) is 13.5 Å². The number of benzene rings is 1. The number of aryl methyl sites for hydroxylation is 1. The normalized spacial score (nSPS) is 10.7. The number of oxazole rings is 1. The summed E-state index contributed by atoms with van der Waals surface area (Å²) in [7, 11) is 0. The van der Waals surface area contributed by atoms with E-state index in [4.69, 9.17) is 21.1 Å². The van der Waals surface area contributed by atoms with Crippen molar-refractivity contribution in [2.24, 2.45) is 0 Å². The highest BCUT2D eigenvalue weighted by molar-refractivity contribution is 7.80. The molecule has 6 heteroatoms. The van der Waals surface area contributed by atoms with Gasteiger partial charge in [-0.1, -0.05) is 0 Å². The predicted molar refractivity (Wildman–Crippen MR) is 80.5 cm³/mol. The fraction of sp³-hybridized carbons (Fsp3) is 0.143. The smallest absolute Gasteiger partial charge is 0.192 e. The lowest BCUT2D eigenvalue weighted by Gasteiger charge is -2.09. The van der Waals surface area contributed by atoms with Gasteiger partial charge in [0.15, 0.2) is 16.6 Å². The van der Waals surface area contributed by atoms with E-state index in [-0.39, 0.29) is 0 Å². The number of aromatic nitrogens is 1. The zero-order chi connectivity index (χ0) is 13.9. The molecule has 0 fully saturated rings. The van der Waals surface area contributed by atoms with Crippen LogP contribution in [0.2, 0.25) is 0 Å². The van der Waals surface area contributed by atoms with E-state index in [1.807, 2.05) is 37.3 Å². The van der Waals surface area contributed by atoms with Gasteiger partial charge in [-0.3, -0.25) is 0 Å². The molecule has 2 N–H and O–H groups in total. The summed E-state index contributed by atoms with van der Waals surface area (Å²) >= 11 is 5.23. The van der Waals surface area contributed by atoms with Crippen LogP contribution in [-0.2, 0) is 6.54 Å². The summed E-state index contributed by atoms with van der Waals surface area (Å²) in [5.74, 6) is 1.48. The van der Waals surface area contributed by atoms with E-state index in [0.29, 0.717) is 17.5 Å². The Morgan fingerprint density at radius 3 is 3.05 bits per heavy atom. The first-order valence-electron chi connectivity index (χ1n) is 6.15. The van der Waals surface area contributed by atoms with E-state index < -0.39 is 0 Å². The van der Waals surface area contributed by atoms with Crippen molar-refractivity contribution >= 4 is 34.1 Å². The molecule has 0 unspecified atom stereocenters. The number of nitrogens with zero attached hydrogens (tertiary/aromatic N) is 1. The van der Waals surface area contributed by atoms with E-state index in [9.17, 15) is 0 Å². The van der Waals surface area contributed by atoms with Gasteiger partial charge in [-0.15, -0.1) is 0 Å². The molecule has 2 heterocycles. The zero-order valence-electron chi connectivity index (χ0n) is 10.8. The SMILES string of the molecule is Cc1nc2cc(NC(=S)NCc3ccco3)ccc2o1. The summed E-state index contributed by atoms with van der Waals surface area (Å²) < 4.78 is 10.6. The topological polar surface area (TPSA) is 63.2 Å². The van der Waals surface area contributed by atoms with E-state index in [1.54, 1.807) is 6.26 Å². The second-order valence-corrected chi connectivity index (χ2v) is 4.71. The maximum atomic E-state index is 5.42. The monoisotopic (exact) mass is 287 g/mol. The van der Waals surface area contributed by atoms with Crippen LogP contribution in [0.5, 0.6) is 0 Å². The van der Waals surface area contributed by atoms with Crippen molar-refractivity contribution in [1.82, 2.24) is 10.3 Å². The first-order chi connectivity index (χ1) is 9.70. The molecule has 102 valence electrons. The molecular formula is C14H13N3O2S. The van der Waals surface area contributed by atoms with E-state index in [2.05, 4.69) is 15.6 Å². The number of anilines is 1. The zero-order valence-corrected chi connectivity index (χ0v) is 11.7. The average molecular weight is 287 g/mol. The molecule has 2 aromatic heterocycles. The Morgan fingerprint density at radius 2 is 2.25 bits per heavy atom. The van der Waals surface area contributed by atoms with Gasteiger partial charge in [0, 0.05) is 12.6 Å². The summed E-state index contributed by atoms with van der Waals surface area (Å²) in [5.41, 5.74) is 2.44. The number of fused-ring (bicyclic) bond motifs is 1. The van der Waals surface area contributed by atoms with E-state index >= 15 is 0 Å². The second kappa shape index (κ2) is 5.34. The van der Waals surface area contributed by atoms with Crippen LogP contribution in [0, 0.1) is 6.92 Å². The second-order valence-electron chi connectivity index (χ2n) is 4.30. The van der Waals surface area contributed by atoms with Gasteiger partial charge in [-0.2, -0.15) is 0 Å². The number of furan rings is 1. The minimum Gasteiger partial charge on any atom is -0.467 e. The summed E-state index contributed by atoms with van der Waals surface area (Å²) in [5, 5.41) is 6.70. The summed E-state index contributed by atoms with van der Waals surface area (Å²) in [6, 6.07) is 9.39. The van der Waals surface area contributed by atoms with E-state index in [0.717, 1.165) is 22.5 Å². The van der Waals surface area contributed by atoms with Crippen LogP contribution in [-0.4, -0.2) is 10.1 Å². The van der Waals surface area contributed by atoms with Gasteiger partial charge >= 0.3 is 0 Å². The summed E-state index contributed by atoms with van der Waals surface area (Å²) in [4.78, 5) is 4.28. The molecule has 0 aliphatic carbocycles. The molecule has 0 aliphatic heterocycles. The Balaban J connectivity index is 1.64. The Hall–Kier alpha value is -2.34. The van der Waals surface area contributed by atoms with Crippen LogP contribution < -0.4 is 10.6 Å². The number of hydrogen-bond acceptors (Lipinski definition) is 4. The molecular weight excluding hydrogens is 274 g/mol. The van der Waals surface area contributed by atoms with Crippen LogP contribution in [0.15, 0.2) is 45.4 Å². The van der Waals surface area contributed by atoms with Crippen LogP contribution in [0.4, 0.5) is 5.69 Å². The van der Waals surface area contributed by atoms with Gasteiger partial charge in [-0.25, -0.2) is 4.98 Å². The van der Waals surface area contributed by atoms with Gasteiger partial charge in [0.25, 0.3) is 0 Å². The Morgan fingerprint density at radius 1 is 1.35 bits per heavy atom. The van der Waals surface area contributed by atoms with E-state index in [1.165, 1.54) is 0 Å². The van der Waals surface area contributed by atoms with Crippen molar-refractivity contribution < 1.29 is 8.83 Å². The molecule has 0 saturated heterocycles. The number of thiocarbonyl (C=S) groups is 1. The van der Waals surface area contributed by atoms with Gasteiger partial charge < -0.3 is 19.5 Å². The molecule has 1 aromatic carbocycles. The molecule has 0 radical (unpaired) electrons. The highest BCUT2D eigenvalue weighted by atomic mass is 32.1. The molecule has 20 heavy (non-hydrogen) atoms. The number of nitrogens with one attached hydrogen (secondary N) is 2. The lowest BCUT2D eigenvalue weighted by atomic mass is 10.3. The molecule has 0 spiro atoms. The van der Waals surface area contributed by atoms with Crippen molar-refractivity contribution in [2.75, 3.05) is 5.32 Å². The summed E-state index contributed by atoms with van der Waals surface area (Å²) in [6.07, 6.45) is 1.63. The quantitative estimate of drug-likeness (QED) is 0.721. The number of hydrogen-bond donors (Lipinski definition) is 2. The highest BCUT2D eigenvalue weighted by Gasteiger charge is 2.04. The van der Waals surface area contributed by atoms with Gasteiger partial charge in [-0.05, 0) is 42.5 Å². The molecule has 3 aromatic rings. The summed E-state index contributed by atoms with van der Waals surface area (Å²) in [6.45, 7) is 2.37. The largest absolute Gasteiger partial charge is 0.467 e. The lowest BCUT2D eigenvalue weighted by molar-refractivity contribution is 0.503. The Labute approximate surface area is 121 Å². The first kappa shape index (κ1) is 12.7. The predicted octanol–water partition coefficient (Wildman–Crippen LogP) is 3.22. The standard InChI is InChI=1S/C14H13N3O2S/c1-9-16-12-7-10(4-5-13(12)19-9)17-14(20)15-8-11-3-2-6-18-11/h2-7H,8H2,1H3,(H2,15,17,20). The van der Waals surface area contributed by atoms with Gasteiger partial charge in [0.05, 0.1) is 12.8 Å². The molecule has 5 nitrogen and oxygen atoms in total. The lowest BCUT2D eigenvalue weighted by Crippen LogP contribution is -2.27. The minimum absolute atomic E-state index is 0.529. The van der Waals surface area contributed by atoms with Crippen molar-refractivity contribution in [3.8, 4) is 0 Å². The molecule has 0 saturated carbocycles. The van der Waals surface area contributed by atoms with Crippen LogP contribution >= 0.6 is 12.2 Å². The average Bonchev–Trinajstić information content (AvgIpc) is 3.04. The molecule has 3 rings (SSSR count). The van der Waals surface area contributed by atoms with Crippen LogP contribution in [0.25, 0.3) is 11.1 Å². The maximum absolute atomic E-state index is 5.42. The highest BCUT2D eigenvalue weighted by Crippen LogP contribution is 2.19. The fourth-order valence-corrected chi connectivity index (χ4v) is 2.07. The fourth-order valence-electron chi connectivity index (χ4n) is 1.88. The van der Waals surface area contributed by atoms with Crippen molar-refractivity contribution in [1.29, 1.82) is 0 Å².